The normalized spacial score (nSPS) is 21.3. The Morgan fingerprint density at radius 2 is 1.92 bits per heavy atom. The summed E-state index contributed by atoms with van der Waals surface area (Å²) in [4.78, 5) is 23.4. The number of rotatable bonds is 5. The van der Waals surface area contributed by atoms with Gasteiger partial charge in [0.05, 0.1) is 18.4 Å². The fraction of sp³-hybridized carbons (Fsp3) is 0.353. The van der Waals surface area contributed by atoms with Gasteiger partial charge in [-0.05, 0) is 23.1 Å². The lowest BCUT2D eigenvalue weighted by Gasteiger charge is -2.04. The first kappa shape index (κ1) is 16.5. The van der Waals surface area contributed by atoms with E-state index in [1.165, 1.54) is 0 Å². The monoisotopic (exact) mass is 347 g/mol. The van der Waals surface area contributed by atoms with E-state index in [1.54, 1.807) is 30.8 Å². The maximum Gasteiger partial charge on any atom is 0.307 e. The fourth-order valence-electron chi connectivity index (χ4n) is 3.09. The predicted octanol–water partition coefficient (Wildman–Crippen LogP) is 2.88. The second-order valence-corrected chi connectivity index (χ2v) is 7.07. The molecule has 1 aromatic heterocycles. The van der Waals surface area contributed by atoms with Crippen LogP contribution >= 0.6 is 11.6 Å². The van der Waals surface area contributed by atoms with Gasteiger partial charge in [0.2, 0.25) is 5.91 Å². The van der Waals surface area contributed by atoms with Crippen LogP contribution in [0.4, 0.5) is 5.82 Å². The molecule has 1 amide bonds. The molecule has 2 N–H and O–H groups in total. The molecule has 0 aliphatic heterocycles. The van der Waals surface area contributed by atoms with E-state index in [1.807, 2.05) is 24.3 Å². The maximum atomic E-state index is 12.3. The van der Waals surface area contributed by atoms with Crippen molar-refractivity contribution >= 4 is 29.3 Å². The second-order valence-electron chi connectivity index (χ2n) is 6.63. The van der Waals surface area contributed by atoms with Gasteiger partial charge in [0.1, 0.15) is 0 Å². The van der Waals surface area contributed by atoms with Crippen LogP contribution in [-0.4, -0.2) is 26.8 Å². The molecule has 1 aliphatic rings. The Labute approximate surface area is 144 Å². The number of nitrogens with one attached hydrogen (secondary N) is 1. The lowest BCUT2D eigenvalue weighted by atomic mass is 10.1. The van der Waals surface area contributed by atoms with Crippen molar-refractivity contribution in [3.05, 3.63) is 47.1 Å². The van der Waals surface area contributed by atoms with Crippen molar-refractivity contribution in [1.29, 1.82) is 0 Å². The number of carbonyl (C=O) groups excluding carboxylic acids is 1. The lowest BCUT2D eigenvalue weighted by molar-refractivity contribution is -0.140. The number of carbonyl (C=O) groups is 2. The van der Waals surface area contributed by atoms with Crippen molar-refractivity contribution in [2.75, 3.05) is 5.32 Å². The molecule has 6 nitrogen and oxygen atoms in total. The summed E-state index contributed by atoms with van der Waals surface area (Å²) in [5, 5.41) is 16.8. The Balaban J connectivity index is 1.63. The minimum absolute atomic E-state index is 0.302. The van der Waals surface area contributed by atoms with E-state index in [4.69, 9.17) is 16.7 Å². The van der Waals surface area contributed by atoms with Crippen LogP contribution in [-0.2, 0) is 16.1 Å². The predicted molar refractivity (Wildman–Crippen MR) is 89.8 cm³/mol. The van der Waals surface area contributed by atoms with Crippen LogP contribution in [0.25, 0.3) is 0 Å². The molecule has 7 heteroatoms. The highest BCUT2D eigenvalue weighted by molar-refractivity contribution is 6.30. The van der Waals surface area contributed by atoms with Gasteiger partial charge in [-0.1, -0.05) is 37.6 Å². The Kier molecular flexibility index (Phi) is 4.09. The van der Waals surface area contributed by atoms with Crippen molar-refractivity contribution in [1.82, 2.24) is 9.78 Å². The number of anilines is 1. The highest BCUT2D eigenvalue weighted by Crippen LogP contribution is 2.58. The molecule has 2 atom stereocenters. The Hall–Kier alpha value is -2.34. The highest BCUT2D eigenvalue weighted by atomic mass is 35.5. The molecule has 3 rings (SSSR count). The number of carboxylic acid groups (broad SMARTS) is 1. The highest BCUT2D eigenvalue weighted by Gasteiger charge is 2.65. The van der Waals surface area contributed by atoms with Crippen molar-refractivity contribution in [2.45, 2.75) is 20.4 Å². The lowest BCUT2D eigenvalue weighted by Crippen LogP contribution is -2.18. The zero-order valence-electron chi connectivity index (χ0n) is 13.4. The Bertz CT molecular complexity index is 783. The zero-order chi connectivity index (χ0) is 17.5. The summed E-state index contributed by atoms with van der Waals surface area (Å²) in [6, 6.07) is 9.13. The molecule has 0 spiro atoms. The number of aliphatic carboxylic acids is 1. The molecule has 1 aromatic carbocycles. The van der Waals surface area contributed by atoms with Crippen LogP contribution in [0.15, 0.2) is 36.5 Å². The van der Waals surface area contributed by atoms with Crippen molar-refractivity contribution in [3.8, 4) is 0 Å². The Morgan fingerprint density at radius 1 is 1.25 bits per heavy atom. The molecule has 1 heterocycles. The van der Waals surface area contributed by atoms with E-state index in [9.17, 15) is 9.59 Å². The standard InChI is InChI=1S/C17H18ClN3O3/c1-17(2)13(14(17)16(23)24)15(22)19-12-7-8-21(20-12)9-10-3-5-11(18)6-4-10/h3-8,13-14H,9H2,1-2H3,(H,23,24)(H,19,20,22)/t13-,14-/m0/s1. The minimum Gasteiger partial charge on any atom is -0.481 e. The van der Waals surface area contributed by atoms with Crippen molar-refractivity contribution in [2.24, 2.45) is 17.3 Å². The first-order valence-corrected chi connectivity index (χ1v) is 7.98. The van der Waals surface area contributed by atoms with E-state index in [-0.39, 0.29) is 5.91 Å². The summed E-state index contributed by atoms with van der Waals surface area (Å²) in [7, 11) is 0. The molecular weight excluding hydrogens is 330 g/mol. The number of amides is 1. The molecule has 0 saturated heterocycles. The maximum absolute atomic E-state index is 12.3. The summed E-state index contributed by atoms with van der Waals surface area (Å²) in [6.07, 6.45) is 1.76. The summed E-state index contributed by atoms with van der Waals surface area (Å²) >= 11 is 5.86. The topological polar surface area (TPSA) is 84.2 Å². The molecule has 2 aromatic rings. The number of hydrogen-bond acceptors (Lipinski definition) is 3. The van der Waals surface area contributed by atoms with Gasteiger partial charge in [-0.3, -0.25) is 14.3 Å². The first-order valence-electron chi connectivity index (χ1n) is 7.60. The second kappa shape index (κ2) is 5.94. The summed E-state index contributed by atoms with van der Waals surface area (Å²) in [5.74, 6) is -2.00. The van der Waals surface area contributed by atoms with Crippen molar-refractivity contribution in [3.63, 3.8) is 0 Å². The van der Waals surface area contributed by atoms with E-state index >= 15 is 0 Å². The molecule has 1 aliphatic carbocycles. The zero-order valence-corrected chi connectivity index (χ0v) is 14.1. The van der Waals surface area contributed by atoms with Gasteiger partial charge < -0.3 is 10.4 Å². The fourth-order valence-corrected chi connectivity index (χ4v) is 3.21. The SMILES string of the molecule is CC1(C)[C@H](C(=O)O)[C@H]1C(=O)Nc1ccn(Cc2ccc(Cl)cc2)n1. The van der Waals surface area contributed by atoms with Gasteiger partial charge in [0.15, 0.2) is 5.82 Å². The van der Waals surface area contributed by atoms with Gasteiger partial charge in [0.25, 0.3) is 0 Å². The molecule has 1 fully saturated rings. The van der Waals surface area contributed by atoms with Gasteiger partial charge in [0, 0.05) is 17.3 Å². The third-order valence-corrected chi connectivity index (χ3v) is 4.78. The molecule has 1 saturated carbocycles. The third-order valence-electron chi connectivity index (χ3n) is 4.53. The van der Waals surface area contributed by atoms with Gasteiger partial charge in [-0.2, -0.15) is 5.10 Å². The van der Waals surface area contributed by atoms with Crippen LogP contribution in [0.3, 0.4) is 0 Å². The smallest absolute Gasteiger partial charge is 0.307 e. The van der Waals surface area contributed by atoms with Crippen LogP contribution < -0.4 is 5.32 Å². The van der Waals surface area contributed by atoms with Crippen molar-refractivity contribution < 1.29 is 14.7 Å². The van der Waals surface area contributed by atoms with Crippen LogP contribution in [0.5, 0.6) is 0 Å². The average Bonchev–Trinajstić information content (AvgIpc) is 2.85. The minimum atomic E-state index is -0.937. The Morgan fingerprint density at radius 3 is 2.50 bits per heavy atom. The van der Waals surface area contributed by atoms with Gasteiger partial charge in [-0.15, -0.1) is 0 Å². The summed E-state index contributed by atoms with van der Waals surface area (Å²) in [6.45, 7) is 4.13. The van der Waals surface area contributed by atoms with E-state index < -0.39 is 23.2 Å². The largest absolute Gasteiger partial charge is 0.481 e. The molecule has 0 bridgehead atoms. The average molecular weight is 348 g/mol. The molecule has 0 radical (unpaired) electrons. The number of halogens is 1. The molecule has 0 unspecified atom stereocenters. The van der Waals surface area contributed by atoms with E-state index in [0.29, 0.717) is 17.4 Å². The number of aromatic nitrogens is 2. The number of carboxylic acids is 1. The molecule has 24 heavy (non-hydrogen) atoms. The molecule has 126 valence electrons. The van der Waals surface area contributed by atoms with E-state index in [2.05, 4.69) is 10.4 Å². The summed E-state index contributed by atoms with van der Waals surface area (Å²) in [5.41, 5.74) is 0.511. The number of benzene rings is 1. The number of nitrogens with zero attached hydrogens (tertiary/aromatic N) is 2. The van der Waals surface area contributed by atoms with Gasteiger partial charge >= 0.3 is 5.97 Å². The first-order chi connectivity index (χ1) is 11.3. The van der Waals surface area contributed by atoms with Crippen LogP contribution in [0, 0.1) is 17.3 Å². The van der Waals surface area contributed by atoms with E-state index in [0.717, 1.165) is 5.56 Å². The summed E-state index contributed by atoms with van der Waals surface area (Å²) < 4.78 is 1.70. The van der Waals surface area contributed by atoms with Crippen LogP contribution in [0.1, 0.15) is 19.4 Å². The molecular formula is C17H18ClN3O3. The third kappa shape index (κ3) is 3.14. The van der Waals surface area contributed by atoms with Gasteiger partial charge in [-0.25, -0.2) is 0 Å². The van der Waals surface area contributed by atoms with Crippen LogP contribution in [0.2, 0.25) is 5.02 Å². The quantitative estimate of drug-likeness (QED) is 0.871. The number of hydrogen-bond donors (Lipinski definition) is 2.